The molecule has 13 heteroatoms. The molecule has 0 spiro atoms. The molecule has 2 N–H and O–H groups in total. The molecule has 0 saturated carbocycles. The van der Waals surface area contributed by atoms with Gasteiger partial charge < -0.3 is 28.9 Å². The van der Waals surface area contributed by atoms with Crippen molar-refractivity contribution in [3.8, 4) is 17.2 Å². The van der Waals surface area contributed by atoms with E-state index in [0.29, 0.717) is 60.5 Å². The number of nitrogen functional groups attached to an aromatic ring is 1. The predicted octanol–water partition coefficient (Wildman–Crippen LogP) is 2.64. The first-order valence-corrected chi connectivity index (χ1v) is 14.4. The van der Waals surface area contributed by atoms with Gasteiger partial charge in [0.1, 0.15) is 40.7 Å². The molecule has 0 amide bonds. The van der Waals surface area contributed by atoms with Gasteiger partial charge in [-0.25, -0.2) is 9.37 Å². The lowest BCUT2D eigenvalue weighted by Crippen LogP contribution is -2.47. The van der Waals surface area contributed by atoms with Gasteiger partial charge in [-0.15, -0.1) is 0 Å². The molecule has 1 unspecified atom stereocenters. The minimum absolute atomic E-state index is 0.282. The van der Waals surface area contributed by atoms with Crippen molar-refractivity contribution in [1.82, 2.24) is 29.0 Å². The van der Waals surface area contributed by atoms with Gasteiger partial charge in [0.25, 0.3) is 0 Å². The fourth-order valence-corrected chi connectivity index (χ4v) is 5.15. The van der Waals surface area contributed by atoms with Gasteiger partial charge >= 0.3 is 0 Å². The van der Waals surface area contributed by atoms with Crippen LogP contribution in [0.15, 0.2) is 53.4 Å². The molecule has 11 nitrogen and oxygen atoms in total. The van der Waals surface area contributed by atoms with Crippen molar-refractivity contribution in [3.63, 3.8) is 0 Å². The van der Waals surface area contributed by atoms with E-state index in [1.165, 1.54) is 6.07 Å². The van der Waals surface area contributed by atoms with Crippen molar-refractivity contribution in [2.75, 3.05) is 62.0 Å². The molecule has 1 fully saturated rings. The van der Waals surface area contributed by atoms with Gasteiger partial charge in [0.05, 0.1) is 24.5 Å². The Balaban J connectivity index is 1.08. The van der Waals surface area contributed by atoms with E-state index in [2.05, 4.69) is 24.9 Å². The summed E-state index contributed by atoms with van der Waals surface area (Å²) in [4.78, 5) is 13.6. The van der Waals surface area contributed by atoms with Gasteiger partial charge in [0, 0.05) is 45.3 Å². The molecule has 0 bridgehead atoms. The predicted molar refractivity (Wildman–Crippen MR) is 148 cm³/mol. The van der Waals surface area contributed by atoms with Crippen molar-refractivity contribution >= 4 is 39.5 Å². The number of ether oxygens (including phenoxy) is 1. The van der Waals surface area contributed by atoms with Crippen molar-refractivity contribution in [2.45, 2.75) is 6.54 Å². The van der Waals surface area contributed by atoms with E-state index in [9.17, 15) is 8.94 Å². The van der Waals surface area contributed by atoms with Gasteiger partial charge in [0.15, 0.2) is 11.4 Å². The number of fused-ring (bicyclic) bond motifs is 3. The number of nitrogens with zero attached hydrogens (tertiary/aromatic N) is 7. The lowest BCUT2D eigenvalue weighted by molar-refractivity contribution is 0.248. The highest BCUT2D eigenvalue weighted by Crippen LogP contribution is 2.27. The number of anilines is 2. The summed E-state index contributed by atoms with van der Waals surface area (Å²) in [7, 11) is 0. The topological polar surface area (TPSA) is 126 Å². The molecule has 1 atom stereocenters. The number of benzene rings is 1. The van der Waals surface area contributed by atoms with E-state index in [4.69, 9.17) is 14.9 Å². The zero-order chi connectivity index (χ0) is 26.9. The average molecular weight is 553 g/mol. The van der Waals surface area contributed by atoms with Gasteiger partial charge in [-0.05, 0) is 30.3 Å². The maximum Gasteiger partial charge on any atom is 0.223 e. The van der Waals surface area contributed by atoms with Crippen molar-refractivity contribution in [2.24, 2.45) is 0 Å². The Labute approximate surface area is 227 Å². The third-order valence-corrected chi connectivity index (χ3v) is 7.64. The maximum absolute atomic E-state index is 14.8. The molecule has 0 aliphatic carbocycles. The molecule has 39 heavy (non-hydrogen) atoms. The number of imidazole rings is 1. The lowest BCUT2D eigenvalue weighted by atomic mass is 10.2. The monoisotopic (exact) mass is 552 g/mol. The van der Waals surface area contributed by atoms with Gasteiger partial charge in [0.2, 0.25) is 5.95 Å². The molecule has 4 aromatic heterocycles. The van der Waals surface area contributed by atoms with E-state index >= 15 is 0 Å². The second-order valence-electron chi connectivity index (χ2n) is 9.45. The summed E-state index contributed by atoms with van der Waals surface area (Å²) in [5.41, 5.74) is 9.68. The molecule has 1 aromatic carbocycles. The highest BCUT2D eigenvalue weighted by molar-refractivity contribution is 7.90. The normalized spacial score (nSPS) is 15.4. The number of rotatable bonds is 9. The van der Waals surface area contributed by atoms with Crippen LogP contribution in [0.3, 0.4) is 0 Å². The number of hydrogen-bond acceptors (Lipinski definition) is 9. The molecule has 5 heterocycles. The first kappa shape index (κ1) is 25.5. The number of nitrogens with two attached hydrogens (primary N) is 1. The van der Waals surface area contributed by atoms with Gasteiger partial charge in [-0.3, -0.25) is 4.90 Å². The fraction of sp³-hybridized carbons (Fsp3) is 0.346. The Bertz CT molecular complexity index is 1580. The van der Waals surface area contributed by atoms with Crippen LogP contribution in [-0.4, -0.2) is 84.9 Å². The summed E-state index contributed by atoms with van der Waals surface area (Å²) in [6, 6.07) is 10.5. The minimum Gasteiger partial charge on any atom is -0.616 e. The smallest absolute Gasteiger partial charge is 0.223 e. The summed E-state index contributed by atoms with van der Waals surface area (Å²) in [6.45, 7) is 4.84. The summed E-state index contributed by atoms with van der Waals surface area (Å²) in [6.07, 6.45) is 5.01. The fourth-order valence-electron chi connectivity index (χ4n) is 4.83. The molecule has 204 valence electrons. The van der Waals surface area contributed by atoms with Crippen LogP contribution in [0.2, 0.25) is 0 Å². The Morgan fingerprint density at radius 2 is 2.00 bits per heavy atom. The van der Waals surface area contributed by atoms with Gasteiger partial charge in [-0.1, -0.05) is 11.2 Å². The Morgan fingerprint density at radius 1 is 1.15 bits per heavy atom. The quantitative estimate of drug-likeness (QED) is 0.275. The molecular weight excluding hydrogens is 523 g/mol. The number of hydrogen-bond donors (Lipinski definition) is 1. The first-order valence-electron chi connectivity index (χ1n) is 12.7. The molecular formula is C26H29FN8O3S. The molecule has 5 aromatic rings. The number of halogens is 1. The van der Waals surface area contributed by atoms with Gasteiger partial charge in [-0.2, -0.15) is 14.6 Å². The number of piperazine rings is 1. The van der Waals surface area contributed by atoms with E-state index in [1.54, 1.807) is 35.5 Å². The second-order valence-corrected chi connectivity index (χ2v) is 11.0. The summed E-state index contributed by atoms with van der Waals surface area (Å²) in [5.74, 6) is 1.50. The Morgan fingerprint density at radius 3 is 2.74 bits per heavy atom. The van der Waals surface area contributed by atoms with E-state index in [0.717, 1.165) is 30.7 Å². The molecule has 1 aliphatic rings. The first-order chi connectivity index (χ1) is 19.0. The molecule has 0 radical (unpaired) electrons. The number of aromatic nitrogens is 5. The van der Waals surface area contributed by atoms with Crippen molar-refractivity contribution in [1.29, 1.82) is 0 Å². The third-order valence-electron chi connectivity index (χ3n) is 6.90. The average Bonchev–Trinajstić information content (AvgIpc) is 3.68. The van der Waals surface area contributed by atoms with E-state index < -0.39 is 11.2 Å². The van der Waals surface area contributed by atoms with Crippen LogP contribution in [0, 0.1) is 5.82 Å². The zero-order valence-electron chi connectivity index (χ0n) is 21.5. The molecule has 1 saturated heterocycles. The van der Waals surface area contributed by atoms with Crippen LogP contribution in [0.1, 0.15) is 0 Å². The Kier molecular flexibility index (Phi) is 7.02. The van der Waals surface area contributed by atoms with Crippen molar-refractivity contribution in [3.05, 3.63) is 54.8 Å². The van der Waals surface area contributed by atoms with E-state index in [1.807, 2.05) is 22.8 Å². The van der Waals surface area contributed by atoms with Crippen LogP contribution in [0.25, 0.3) is 28.1 Å². The maximum atomic E-state index is 14.8. The van der Waals surface area contributed by atoms with Crippen LogP contribution in [0.5, 0.6) is 5.75 Å². The largest absolute Gasteiger partial charge is 0.616 e. The summed E-state index contributed by atoms with van der Waals surface area (Å²) >= 11 is -0.939. The van der Waals surface area contributed by atoms with Crippen LogP contribution < -0.4 is 15.4 Å². The summed E-state index contributed by atoms with van der Waals surface area (Å²) < 4.78 is 40.6. The van der Waals surface area contributed by atoms with E-state index in [-0.39, 0.29) is 11.8 Å². The Hall–Kier alpha value is -3.81. The molecule has 1 aliphatic heterocycles. The second kappa shape index (κ2) is 10.8. The third kappa shape index (κ3) is 5.24. The van der Waals surface area contributed by atoms with Crippen LogP contribution >= 0.6 is 0 Å². The zero-order valence-corrected chi connectivity index (χ0v) is 22.3. The lowest BCUT2D eigenvalue weighted by Gasteiger charge is -2.36. The minimum atomic E-state index is -0.939. The van der Waals surface area contributed by atoms with Crippen LogP contribution in [-0.2, 0) is 17.7 Å². The number of furan rings is 1. The van der Waals surface area contributed by atoms with Crippen LogP contribution in [0.4, 0.5) is 16.0 Å². The SMILES string of the molecule is C[S+]([O-])CCOc1ccc(N2CCN(CCn3cnc4c3nc(N)n3nc(-c5ccco5)cc43)CC2)c(F)c1. The standard InChI is InChI=1S/C26H29FN8O3S/c1-39(36)14-13-37-18-4-5-21(19(27)15-18)33-9-6-32(7-10-33)8-11-34-17-29-24-22-16-20(23-3-2-12-38-23)31-35(22)26(28)30-25(24)34/h2-5,12,15-17H,6-11,13-14H2,1H3,(H2,28,30). The highest BCUT2D eigenvalue weighted by atomic mass is 32.2. The van der Waals surface area contributed by atoms with Crippen molar-refractivity contribution < 1.29 is 18.1 Å². The highest BCUT2D eigenvalue weighted by Gasteiger charge is 2.21. The summed E-state index contributed by atoms with van der Waals surface area (Å²) in [5, 5.41) is 4.52. The molecule has 6 rings (SSSR count).